The van der Waals surface area contributed by atoms with Gasteiger partial charge in [0, 0.05) is 31.7 Å². The first kappa shape index (κ1) is 16.4. The number of rotatable bonds is 5. The van der Waals surface area contributed by atoms with Gasteiger partial charge in [0.1, 0.15) is 5.01 Å². The van der Waals surface area contributed by atoms with E-state index in [2.05, 4.69) is 11.1 Å². The SMILES string of the molecule is C[C@H](C#N)CN(C)S(=O)(=O)N1CCCC[C@H]1c1nccs1. The summed E-state index contributed by atoms with van der Waals surface area (Å²) in [6.07, 6.45) is 4.38. The van der Waals surface area contributed by atoms with E-state index in [1.807, 2.05) is 5.38 Å². The van der Waals surface area contributed by atoms with Crippen molar-refractivity contribution in [2.75, 3.05) is 20.1 Å². The Kier molecular flexibility index (Phi) is 5.32. The smallest absolute Gasteiger partial charge is 0.248 e. The van der Waals surface area contributed by atoms with Gasteiger partial charge in [0.2, 0.25) is 0 Å². The minimum absolute atomic E-state index is 0.177. The van der Waals surface area contributed by atoms with Crippen molar-refractivity contribution in [3.05, 3.63) is 16.6 Å². The van der Waals surface area contributed by atoms with Crippen molar-refractivity contribution in [3.8, 4) is 6.07 Å². The van der Waals surface area contributed by atoms with E-state index in [0.29, 0.717) is 6.54 Å². The molecule has 1 aliphatic heterocycles. The maximum atomic E-state index is 12.8. The summed E-state index contributed by atoms with van der Waals surface area (Å²) in [5.41, 5.74) is 0. The van der Waals surface area contributed by atoms with Crippen LogP contribution in [0, 0.1) is 17.2 Å². The average molecular weight is 328 g/mol. The minimum Gasteiger partial charge on any atom is -0.248 e. The van der Waals surface area contributed by atoms with Gasteiger partial charge in [0.05, 0.1) is 18.0 Å². The fourth-order valence-corrected chi connectivity index (χ4v) is 5.04. The monoisotopic (exact) mass is 328 g/mol. The van der Waals surface area contributed by atoms with E-state index < -0.39 is 10.2 Å². The highest BCUT2D eigenvalue weighted by atomic mass is 32.2. The number of hydrogen-bond acceptors (Lipinski definition) is 5. The average Bonchev–Trinajstić information content (AvgIpc) is 3.01. The van der Waals surface area contributed by atoms with Gasteiger partial charge in [-0.3, -0.25) is 0 Å². The first-order valence-electron chi connectivity index (χ1n) is 6.99. The Hall–Kier alpha value is -1.01. The fraction of sp³-hybridized carbons (Fsp3) is 0.692. The molecule has 0 spiro atoms. The van der Waals surface area contributed by atoms with E-state index in [1.165, 1.54) is 22.7 Å². The summed E-state index contributed by atoms with van der Waals surface area (Å²) >= 11 is 1.49. The second kappa shape index (κ2) is 6.83. The van der Waals surface area contributed by atoms with Crippen LogP contribution in [-0.2, 0) is 10.2 Å². The van der Waals surface area contributed by atoms with E-state index in [9.17, 15) is 8.42 Å². The zero-order chi connectivity index (χ0) is 15.5. The molecule has 0 aromatic carbocycles. The highest BCUT2D eigenvalue weighted by Crippen LogP contribution is 2.34. The number of thiazole rings is 1. The molecule has 0 radical (unpaired) electrons. The standard InChI is InChI=1S/C13H20N4O2S2/c1-11(9-14)10-16(2)21(18,19)17-7-4-3-5-12(17)13-15-6-8-20-13/h6,8,11-12H,3-5,7,10H2,1-2H3/t11-,12+/m1/s1. The lowest BCUT2D eigenvalue weighted by molar-refractivity contribution is 0.236. The maximum absolute atomic E-state index is 12.8. The molecule has 116 valence electrons. The second-order valence-electron chi connectivity index (χ2n) is 5.31. The summed E-state index contributed by atoms with van der Waals surface area (Å²) < 4.78 is 28.3. The third-order valence-corrected chi connectivity index (χ3v) is 6.48. The number of hydrogen-bond donors (Lipinski definition) is 0. The molecule has 0 bridgehead atoms. The van der Waals surface area contributed by atoms with Crippen LogP contribution in [0.25, 0.3) is 0 Å². The number of aromatic nitrogens is 1. The quantitative estimate of drug-likeness (QED) is 0.828. The molecular formula is C13H20N4O2S2. The van der Waals surface area contributed by atoms with Crippen LogP contribution in [0.5, 0.6) is 0 Å². The molecule has 0 aliphatic carbocycles. The van der Waals surface area contributed by atoms with Crippen molar-refractivity contribution in [3.63, 3.8) is 0 Å². The van der Waals surface area contributed by atoms with Gasteiger partial charge in [0.25, 0.3) is 10.2 Å². The Labute approximate surface area is 130 Å². The van der Waals surface area contributed by atoms with E-state index in [4.69, 9.17) is 5.26 Å². The van der Waals surface area contributed by atoms with Crippen molar-refractivity contribution < 1.29 is 8.42 Å². The molecule has 0 amide bonds. The first-order chi connectivity index (χ1) is 9.96. The summed E-state index contributed by atoms with van der Waals surface area (Å²) in [6.45, 7) is 2.44. The molecule has 0 saturated carbocycles. The van der Waals surface area contributed by atoms with Crippen molar-refractivity contribution >= 4 is 21.5 Å². The molecule has 1 aromatic rings. The van der Waals surface area contributed by atoms with Gasteiger partial charge >= 0.3 is 0 Å². The highest BCUT2D eigenvalue weighted by molar-refractivity contribution is 7.86. The predicted molar refractivity (Wildman–Crippen MR) is 81.7 cm³/mol. The summed E-state index contributed by atoms with van der Waals surface area (Å²) in [4.78, 5) is 4.28. The third kappa shape index (κ3) is 3.61. The summed E-state index contributed by atoms with van der Waals surface area (Å²) in [5, 5.41) is 11.6. The predicted octanol–water partition coefficient (Wildman–Crippen LogP) is 2.01. The molecule has 1 saturated heterocycles. The molecule has 1 aliphatic rings. The van der Waals surface area contributed by atoms with Gasteiger partial charge in [0.15, 0.2) is 0 Å². The van der Waals surface area contributed by atoms with Gasteiger partial charge in [-0.25, -0.2) is 4.98 Å². The molecular weight excluding hydrogens is 308 g/mol. The van der Waals surface area contributed by atoms with E-state index >= 15 is 0 Å². The number of piperidine rings is 1. The van der Waals surface area contributed by atoms with Crippen LogP contribution in [0.3, 0.4) is 0 Å². The number of nitriles is 1. The lowest BCUT2D eigenvalue weighted by Crippen LogP contribution is -2.46. The zero-order valence-corrected chi connectivity index (χ0v) is 13.9. The summed E-state index contributed by atoms with van der Waals surface area (Å²) in [6, 6.07) is 1.90. The lowest BCUT2D eigenvalue weighted by Gasteiger charge is -2.36. The third-order valence-electron chi connectivity index (χ3n) is 3.63. The molecule has 0 N–H and O–H groups in total. The van der Waals surface area contributed by atoms with Crippen LogP contribution in [-0.4, -0.2) is 42.1 Å². The van der Waals surface area contributed by atoms with Gasteiger partial charge in [-0.2, -0.15) is 22.3 Å². The van der Waals surface area contributed by atoms with E-state index in [1.54, 1.807) is 17.4 Å². The molecule has 2 atom stereocenters. The Morgan fingerprint density at radius 2 is 2.38 bits per heavy atom. The fourth-order valence-electron chi connectivity index (χ4n) is 2.53. The topological polar surface area (TPSA) is 77.3 Å². The van der Waals surface area contributed by atoms with Crippen LogP contribution >= 0.6 is 11.3 Å². The lowest BCUT2D eigenvalue weighted by atomic mass is 10.1. The van der Waals surface area contributed by atoms with Crippen molar-refractivity contribution in [1.82, 2.24) is 13.6 Å². The molecule has 2 heterocycles. The maximum Gasteiger partial charge on any atom is 0.282 e. The molecule has 1 fully saturated rings. The minimum atomic E-state index is -3.56. The van der Waals surface area contributed by atoms with E-state index in [-0.39, 0.29) is 18.5 Å². The Bertz CT molecular complexity index is 594. The molecule has 0 unspecified atom stereocenters. The molecule has 8 heteroatoms. The van der Waals surface area contributed by atoms with Crippen molar-refractivity contribution in [2.45, 2.75) is 32.2 Å². The van der Waals surface area contributed by atoms with Gasteiger partial charge < -0.3 is 0 Å². The normalized spacial score (nSPS) is 22.1. The first-order valence-corrected chi connectivity index (χ1v) is 9.26. The van der Waals surface area contributed by atoms with Crippen LogP contribution in [0.4, 0.5) is 0 Å². The van der Waals surface area contributed by atoms with Gasteiger partial charge in [-0.15, -0.1) is 11.3 Å². The van der Waals surface area contributed by atoms with Crippen molar-refractivity contribution in [1.29, 1.82) is 5.26 Å². The van der Waals surface area contributed by atoms with Gasteiger partial charge in [-0.05, 0) is 19.8 Å². The van der Waals surface area contributed by atoms with Crippen molar-refractivity contribution in [2.24, 2.45) is 5.92 Å². The Morgan fingerprint density at radius 3 is 3.00 bits per heavy atom. The summed E-state index contributed by atoms with van der Waals surface area (Å²) in [5.74, 6) is -0.326. The Morgan fingerprint density at radius 1 is 1.62 bits per heavy atom. The highest BCUT2D eigenvalue weighted by Gasteiger charge is 2.37. The molecule has 2 rings (SSSR count). The largest absolute Gasteiger partial charge is 0.282 e. The van der Waals surface area contributed by atoms with Crippen LogP contribution < -0.4 is 0 Å². The van der Waals surface area contributed by atoms with Crippen LogP contribution in [0.1, 0.15) is 37.2 Å². The molecule has 1 aromatic heterocycles. The summed E-state index contributed by atoms with van der Waals surface area (Å²) in [7, 11) is -2.02. The van der Waals surface area contributed by atoms with E-state index in [0.717, 1.165) is 24.3 Å². The van der Waals surface area contributed by atoms with Crippen LogP contribution in [0.15, 0.2) is 11.6 Å². The van der Waals surface area contributed by atoms with Crippen LogP contribution in [0.2, 0.25) is 0 Å². The Balaban J connectivity index is 2.22. The van der Waals surface area contributed by atoms with Gasteiger partial charge in [-0.1, -0.05) is 6.42 Å². The molecule has 21 heavy (non-hydrogen) atoms. The second-order valence-corrected chi connectivity index (χ2v) is 8.23. The molecule has 6 nitrogen and oxygen atoms in total. The zero-order valence-electron chi connectivity index (χ0n) is 12.3. The number of nitrogens with zero attached hydrogens (tertiary/aromatic N) is 4.